The first-order valence-corrected chi connectivity index (χ1v) is 18.4. The van der Waals surface area contributed by atoms with Crippen LogP contribution in [0.25, 0.3) is 10.9 Å². The van der Waals surface area contributed by atoms with E-state index in [1.165, 1.54) is 19.2 Å². The number of piperidine rings is 3. The van der Waals surface area contributed by atoms with Crippen LogP contribution < -0.4 is 31.0 Å². The van der Waals surface area contributed by atoms with Crippen molar-refractivity contribution in [2.75, 3.05) is 45.2 Å². The first-order valence-electron chi connectivity index (χ1n) is 18.4. The molecular weight excluding hydrogens is 702 g/mol. The third kappa shape index (κ3) is 9.08. The zero-order valence-corrected chi connectivity index (χ0v) is 30.5. The molecule has 3 unspecified atom stereocenters. The molecule has 13 heteroatoms. The molecule has 4 heterocycles. The summed E-state index contributed by atoms with van der Waals surface area (Å²) in [5.74, 6) is 0.950. The van der Waals surface area contributed by atoms with Gasteiger partial charge in [0, 0.05) is 48.4 Å². The summed E-state index contributed by atoms with van der Waals surface area (Å²) in [6.07, 6.45) is 0.591. The van der Waals surface area contributed by atoms with Crippen molar-refractivity contribution >= 4 is 28.6 Å². The van der Waals surface area contributed by atoms with E-state index in [2.05, 4.69) is 25.8 Å². The predicted molar refractivity (Wildman–Crippen MR) is 207 cm³/mol. The molecule has 0 saturated carbocycles. The smallest absolute Gasteiger partial charge is 0.408 e. The Kier molecular flexibility index (Phi) is 11.6. The van der Waals surface area contributed by atoms with E-state index < -0.39 is 18.2 Å². The number of carbonyl (C=O) groups excluding carboxylic acids is 2. The Hall–Kier alpha value is -5.89. The molecule has 3 aliphatic rings. The van der Waals surface area contributed by atoms with Gasteiger partial charge in [-0.15, -0.1) is 0 Å². The molecule has 0 radical (unpaired) electrons. The molecule has 3 aliphatic heterocycles. The Morgan fingerprint density at radius 1 is 0.945 bits per heavy atom. The number of rotatable bonds is 14. The number of methoxy groups -OCH3 is 1. The zero-order chi connectivity index (χ0) is 38.3. The van der Waals surface area contributed by atoms with Gasteiger partial charge < -0.3 is 45.4 Å². The van der Waals surface area contributed by atoms with Crippen LogP contribution in [0.1, 0.15) is 47.2 Å². The number of nitrogens with one attached hydrogen (secondary N) is 4. The van der Waals surface area contributed by atoms with Crippen LogP contribution in [0.3, 0.4) is 0 Å². The average Bonchev–Trinajstić information content (AvgIpc) is 3.20. The summed E-state index contributed by atoms with van der Waals surface area (Å²) in [6.45, 7) is 3.18. The zero-order valence-electron chi connectivity index (χ0n) is 30.5. The Bertz CT molecular complexity index is 2190. The summed E-state index contributed by atoms with van der Waals surface area (Å²) in [4.78, 5) is 42.9. The largest absolute Gasteiger partial charge is 0.506 e. The van der Waals surface area contributed by atoms with E-state index >= 15 is 0 Å². The van der Waals surface area contributed by atoms with Crippen molar-refractivity contribution in [2.45, 2.75) is 37.6 Å². The average molecular weight is 748 g/mol. The van der Waals surface area contributed by atoms with Crippen molar-refractivity contribution in [1.82, 2.24) is 20.5 Å². The van der Waals surface area contributed by atoms with Gasteiger partial charge in [0.05, 0.1) is 24.8 Å². The van der Waals surface area contributed by atoms with Crippen molar-refractivity contribution in [3.05, 3.63) is 130 Å². The highest BCUT2D eigenvalue weighted by Crippen LogP contribution is 2.32. The lowest BCUT2D eigenvalue weighted by molar-refractivity contribution is -0.118. The number of pyridine rings is 1. The lowest BCUT2D eigenvalue weighted by Gasteiger charge is -2.43. The highest BCUT2D eigenvalue weighted by Gasteiger charge is 2.37. The number of nitrogens with zero attached hydrogens (tertiary/aromatic N) is 1. The predicted octanol–water partition coefficient (Wildman–Crippen LogP) is 4.99. The number of hydrogen-bond donors (Lipinski definition) is 6. The number of aliphatic hydroxyl groups is 1. The summed E-state index contributed by atoms with van der Waals surface area (Å²) < 4.78 is 17.4. The standard InChI is InChI=1S/C42H45N5O8/c1-53-36-21-30(11-10-29(36)22-43-23-35(49)32-12-14-34(48)41-33(32)13-15-38(50)45-41)44-39(51)25-54-31-9-5-8-28(20-31)40(27-6-3-2-4-7-27)46-42(52)55-37-24-47-18-16-26(37)17-19-47/h2-15,20-21,26,35,37,40,43,48-49H,16-19,22-25H2,1H3,(H,44,51)(H,45,50)(H,46,52). The third-order valence-electron chi connectivity index (χ3n) is 10.3. The lowest BCUT2D eigenvalue weighted by atomic mass is 9.86. The Morgan fingerprint density at radius 2 is 1.75 bits per heavy atom. The highest BCUT2D eigenvalue weighted by atomic mass is 16.6. The number of aromatic nitrogens is 1. The van der Waals surface area contributed by atoms with Crippen LogP contribution in [0, 0.1) is 5.92 Å². The number of phenolic OH excluding ortho intramolecular Hbond substituents is 1. The maximum Gasteiger partial charge on any atom is 0.408 e. The molecule has 2 bridgehead atoms. The van der Waals surface area contributed by atoms with Crippen molar-refractivity contribution in [3.63, 3.8) is 0 Å². The van der Waals surface area contributed by atoms with Crippen LogP contribution in [-0.2, 0) is 16.1 Å². The number of anilines is 1. The number of benzene rings is 4. The molecule has 0 aliphatic carbocycles. The Labute approximate surface area is 318 Å². The van der Waals surface area contributed by atoms with Gasteiger partial charge >= 0.3 is 6.09 Å². The van der Waals surface area contributed by atoms with Gasteiger partial charge in [0.1, 0.15) is 23.4 Å². The maximum absolute atomic E-state index is 13.2. The molecule has 286 valence electrons. The fourth-order valence-electron chi connectivity index (χ4n) is 7.44. The third-order valence-corrected chi connectivity index (χ3v) is 10.3. The van der Waals surface area contributed by atoms with Crippen LogP contribution >= 0.6 is 0 Å². The monoisotopic (exact) mass is 747 g/mol. The second kappa shape index (κ2) is 17.1. The first-order chi connectivity index (χ1) is 26.7. The molecule has 2 amide bonds. The van der Waals surface area contributed by atoms with E-state index in [0.29, 0.717) is 40.6 Å². The van der Waals surface area contributed by atoms with Crippen LogP contribution in [0.5, 0.6) is 17.2 Å². The number of H-pyrrole nitrogens is 1. The fourth-order valence-corrected chi connectivity index (χ4v) is 7.44. The number of phenols is 1. The molecule has 0 spiro atoms. The first kappa shape index (κ1) is 37.4. The minimum absolute atomic E-state index is 0.0751. The van der Waals surface area contributed by atoms with E-state index in [0.717, 1.165) is 49.2 Å². The number of ether oxygens (including phenoxy) is 3. The molecule has 5 aromatic rings. The van der Waals surface area contributed by atoms with Gasteiger partial charge in [-0.3, -0.25) is 14.5 Å². The summed E-state index contributed by atoms with van der Waals surface area (Å²) in [5, 5.41) is 30.7. The number of aromatic amines is 1. The molecule has 1 aromatic heterocycles. The molecule has 13 nitrogen and oxygen atoms in total. The summed E-state index contributed by atoms with van der Waals surface area (Å²) in [6, 6.07) is 27.7. The molecule has 55 heavy (non-hydrogen) atoms. The number of amides is 2. The summed E-state index contributed by atoms with van der Waals surface area (Å²) in [5.41, 5.74) is 3.46. The molecule has 6 N–H and O–H groups in total. The van der Waals surface area contributed by atoms with Crippen molar-refractivity contribution in [1.29, 1.82) is 0 Å². The topological polar surface area (TPSA) is 174 Å². The molecule has 3 saturated heterocycles. The van der Waals surface area contributed by atoms with E-state index in [9.17, 15) is 24.6 Å². The van der Waals surface area contributed by atoms with Gasteiger partial charge in [-0.25, -0.2) is 4.79 Å². The van der Waals surface area contributed by atoms with Crippen LogP contribution in [0.2, 0.25) is 0 Å². The number of alkyl carbamates (subject to hydrolysis) is 1. The van der Waals surface area contributed by atoms with Gasteiger partial charge in [0.15, 0.2) is 6.61 Å². The van der Waals surface area contributed by atoms with E-state index in [-0.39, 0.29) is 42.0 Å². The van der Waals surface area contributed by atoms with Crippen LogP contribution in [-0.4, -0.2) is 78.1 Å². The van der Waals surface area contributed by atoms with Gasteiger partial charge in [0.2, 0.25) is 5.56 Å². The fraction of sp³-hybridized carbons (Fsp3) is 0.310. The molecule has 3 atom stereocenters. The number of aliphatic hydroxyl groups excluding tert-OH is 1. The van der Waals surface area contributed by atoms with Crippen LogP contribution in [0.4, 0.5) is 10.5 Å². The van der Waals surface area contributed by atoms with Gasteiger partial charge in [-0.05, 0) is 78.9 Å². The minimum atomic E-state index is -0.920. The van der Waals surface area contributed by atoms with Gasteiger partial charge in [-0.2, -0.15) is 0 Å². The van der Waals surface area contributed by atoms with Gasteiger partial charge in [-0.1, -0.05) is 54.6 Å². The maximum atomic E-state index is 13.2. The highest BCUT2D eigenvalue weighted by molar-refractivity contribution is 5.92. The molecule has 4 aromatic carbocycles. The van der Waals surface area contributed by atoms with Gasteiger partial charge in [0.25, 0.3) is 5.91 Å². The van der Waals surface area contributed by atoms with Crippen molar-refractivity contribution in [2.24, 2.45) is 5.92 Å². The summed E-state index contributed by atoms with van der Waals surface area (Å²) >= 11 is 0. The number of fused-ring (bicyclic) bond motifs is 4. The Morgan fingerprint density at radius 3 is 2.51 bits per heavy atom. The molecule has 8 rings (SSSR count). The second-order valence-corrected chi connectivity index (χ2v) is 13.9. The Balaban J connectivity index is 0.935. The minimum Gasteiger partial charge on any atom is -0.506 e. The summed E-state index contributed by atoms with van der Waals surface area (Å²) in [7, 11) is 1.54. The molecular formula is C42H45N5O8. The van der Waals surface area contributed by atoms with E-state index in [4.69, 9.17) is 14.2 Å². The van der Waals surface area contributed by atoms with Crippen LogP contribution in [0.15, 0.2) is 102 Å². The van der Waals surface area contributed by atoms with Crippen molar-refractivity contribution in [3.8, 4) is 17.2 Å². The quantitative estimate of drug-likeness (QED) is 0.0909. The van der Waals surface area contributed by atoms with E-state index in [1.54, 1.807) is 30.3 Å². The molecule has 3 fully saturated rings. The number of aromatic hydroxyl groups is 1. The lowest BCUT2D eigenvalue weighted by Crippen LogP contribution is -2.52. The number of carbonyl (C=O) groups is 2. The van der Waals surface area contributed by atoms with E-state index in [1.807, 2.05) is 54.6 Å². The second-order valence-electron chi connectivity index (χ2n) is 13.9. The SMILES string of the molecule is COc1cc(NC(=O)COc2cccc(C(NC(=O)OC3CN4CCC3CC4)c3ccccc3)c2)ccc1CNCC(O)c1ccc(O)c2[nH]c(=O)ccc12. The van der Waals surface area contributed by atoms with Crippen molar-refractivity contribution < 1.29 is 34.0 Å². The normalized spacial score (nSPS) is 18.6. The number of hydrogen-bond acceptors (Lipinski definition) is 10.